The molecule has 10 nitrogen and oxygen atoms in total. The summed E-state index contributed by atoms with van der Waals surface area (Å²) in [5.41, 5.74) is -2.12. The fourth-order valence-electron chi connectivity index (χ4n) is 6.65. The molecule has 11 heteroatoms. The molecule has 3 amide bonds. The first-order valence-corrected chi connectivity index (χ1v) is 16.6. The molecule has 1 aromatic rings. The molecule has 0 aromatic heterocycles. The maximum atomic E-state index is 12.8. The Kier molecular flexibility index (Phi) is 13.9. The number of ether oxygens (including phenoxy) is 2. The number of rotatable bonds is 16. The summed E-state index contributed by atoms with van der Waals surface area (Å²) in [6, 6.07) is 7.15. The van der Waals surface area contributed by atoms with Crippen LogP contribution in [0.1, 0.15) is 129 Å². The highest BCUT2D eigenvalue weighted by atomic mass is 16.6. The summed E-state index contributed by atoms with van der Waals surface area (Å²) in [5, 5.41) is 12.0. The zero-order valence-electron chi connectivity index (χ0n) is 32.2. The first kappa shape index (κ1) is 42.1. The lowest BCUT2D eigenvalue weighted by Crippen LogP contribution is -2.56. The molecular weight excluding hydrogens is 593 g/mol. The summed E-state index contributed by atoms with van der Waals surface area (Å²) in [4.78, 5) is 43.0. The summed E-state index contributed by atoms with van der Waals surface area (Å²) in [6.45, 7) is 29.9. The number of amides is 3. The number of aliphatic imine (C=N–C) groups is 1. The zero-order chi connectivity index (χ0) is 36.7. The number of nitrogens with zero attached hydrogens (tertiary/aromatic N) is 1. The zero-order valence-corrected chi connectivity index (χ0v) is 32.2. The van der Waals surface area contributed by atoms with Crippen molar-refractivity contribution in [2.75, 3.05) is 7.05 Å². The summed E-state index contributed by atoms with van der Waals surface area (Å²) in [6.07, 6.45) is 3.05. The maximum absolute atomic E-state index is 12.8. The van der Waals surface area contributed by atoms with Crippen molar-refractivity contribution in [2.45, 2.75) is 162 Å². The van der Waals surface area contributed by atoms with Crippen LogP contribution in [0.4, 0.5) is 14.4 Å². The molecule has 0 saturated heterocycles. The van der Waals surface area contributed by atoms with E-state index in [1.54, 1.807) is 12.1 Å². The third kappa shape index (κ3) is 18.3. The third-order valence-corrected chi connectivity index (χ3v) is 7.26. The molecule has 4 N–H and O–H groups in total. The number of hydrogen-bond donors (Lipinski definition) is 4. The van der Waals surface area contributed by atoms with Gasteiger partial charge in [0.25, 0.3) is 0 Å². The van der Waals surface area contributed by atoms with Gasteiger partial charge in [0.15, 0.2) is 11.6 Å². The van der Waals surface area contributed by atoms with Crippen molar-refractivity contribution in [3.63, 3.8) is 0 Å². The molecule has 0 aliphatic carbocycles. The SMILES string of the molecule is CNC(C)(C)CC(C)(C)NC(=O)BC(=O)NC(C)(C)CC(C)(C)NC(=O)Oc1ccc(/C=N/C(C)(C)CC(C)(C)OC(C)(C)C)cc1. The molecule has 0 unspecified atom stereocenters. The van der Waals surface area contributed by atoms with Crippen LogP contribution < -0.4 is 26.0 Å². The van der Waals surface area contributed by atoms with Crippen LogP contribution in [0.5, 0.6) is 5.75 Å². The average Bonchev–Trinajstić information content (AvgIpc) is 2.78. The van der Waals surface area contributed by atoms with Crippen molar-refractivity contribution in [3.05, 3.63) is 29.8 Å². The van der Waals surface area contributed by atoms with Gasteiger partial charge in [-0.3, -0.25) is 14.6 Å². The Labute approximate surface area is 285 Å². The van der Waals surface area contributed by atoms with Gasteiger partial charge < -0.3 is 30.7 Å². The van der Waals surface area contributed by atoms with Crippen molar-refractivity contribution in [2.24, 2.45) is 4.99 Å². The second-order valence-electron chi connectivity index (χ2n) is 17.7. The molecule has 0 heterocycles. The third-order valence-electron chi connectivity index (χ3n) is 7.26. The van der Waals surface area contributed by atoms with E-state index in [-0.39, 0.29) is 41.2 Å². The van der Waals surface area contributed by atoms with Crippen LogP contribution in [0.3, 0.4) is 0 Å². The second-order valence-corrected chi connectivity index (χ2v) is 17.7. The van der Waals surface area contributed by atoms with E-state index in [1.165, 1.54) is 0 Å². The molecular formula is C36H64BN5O5. The predicted molar refractivity (Wildman–Crippen MR) is 196 cm³/mol. The van der Waals surface area contributed by atoms with E-state index < -0.39 is 22.7 Å². The summed E-state index contributed by atoms with van der Waals surface area (Å²) in [7, 11) is 1.59. The van der Waals surface area contributed by atoms with Crippen molar-refractivity contribution in [3.8, 4) is 5.75 Å². The van der Waals surface area contributed by atoms with Gasteiger partial charge in [0.05, 0.1) is 16.7 Å². The largest absolute Gasteiger partial charge is 0.413 e. The van der Waals surface area contributed by atoms with Crippen molar-refractivity contribution >= 4 is 31.2 Å². The van der Waals surface area contributed by atoms with Gasteiger partial charge >= 0.3 is 13.4 Å². The van der Waals surface area contributed by atoms with Crippen molar-refractivity contribution in [1.82, 2.24) is 21.3 Å². The molecule has 0 aliphatic rings. The van der Waals surface area contributed by atoms with Crippen LogP contribution >= 0.6 is 0 Å². The standard InChI is InChI=1S/C36H64BN5O5/c1-30(2,3)47-36(14,15)24-32(6,7)39-21-25-17-19-26(20-18-25)46-29(45)42-35(12,13)23-34(10,11)41-28(44)37-27(43)40-33(8,9)22-31(4,5)38-16/h17-21,37-38H,22-24H2,1-16H3,(H,40,43)(H,41,44)(H,42,45)/b39-21+. The van der Waals surface area contributed by atoms with Crippen molar-refractivity contribution < 1.29 is 23.9 Å². The quantitative estimate of drug-likeness (QED) is 0.113. The molecule has 0 saturated carbocycles. The molecule has 47 heavy (non-hydrogen) atoms. The molecule has 1 aromatic carbocycles. The fourth-order valence-corrected chi connectivity index (χ4v) is 6.65. The Bertz CT molecular complexity index is 1250. The van der Waals surface area contributed by atoms with Gasteiger partial charge in [-0.25, -0.2) is 4.79 Å². The Morgan fingerprint density at radius 2 is 1.13 bits per heavy atom. The molecule has 0 fully saturated rings. The fraction of sp³-hybridized carbons (Fsp3) is 0.722. The Balaban J connectivity index is 2.69. The van der Waals surface area contributed by atoms with Gasteiger partial charge in [-0.1, -0.05) is 0 Å². The molecule has 0 aliphatic heterocycles. The highest BCUT2D eigenvalue weighted by Crippen LogP contribution is 2.30. The van der Waals surface area contributed by atoms with E-state index in [9.17, 15) is 14.4 Å². The van der Waals surface area contributed by atoms with E-state index >= 15 is 0 Å². The summed E-state index contributed by atoms with van der Waals surface area (Å²) >= 11 is 0. The van der Waals surface area contributed by atoms with Crippen molar-refractivity contribution in [1.29, 1.82) is 0 Å². The monoisotopic (exact) mass is 658 g/mol. The molecule has 0 spiro atoms. The van der Waals surface area contributed by atoms with Crippen LogP contribution in [0.25, 0.3) is 0 Å². The lowest BCUT2D eigenvalue weighted by molar-refractivity contribution is -0.122. The Morgan fingerprint density at radius 3 is 1.57 bits per heavy atom. The van der Waals surface area contributed by atoms with E-state index in [0.717, 1.165) is 12.0 Å². The first-order chi connectivity index (χ1) is 20.9. The van der Waals surface area contributed by atoms with E-state index in [2.05, 4.69) is 83.6 Å². The molecule has 0 radical (unpaired) electrons. The van der Waals surface area contributed by atoms with Gasteiger partial charge in [-0.2, -0.15) is 0 Å². The van der Waals surface area contributed by atoms with E-state index in [0.29, 0.717) is 18.6 Å². The average molecular weight is 658 g/mol. The number of nitrogens with one attached hydrogen (secondary N) is 4. The Morgan fingerprint density at radius 1 is 0.681 bits per heavy atom. The highest BCUT2D eigenvalue weighted by Gasteiger charge is 2.35. The molecule has 1 rings (SSSR count). The molecule has 0 bridgehead atoms. The lowest BCUT2D eigenvalue weighted by atomic mass is 9.73. The number of carbonyl (C=O) groups excluding carboxylic acids is 3. The number of benzene rings is 1. The van der Waals surface area contributed by atoms with Crippen LogP contribution in [0.2, 0.25) is 0 Å². The van der Waals surface area contributed by atoms with Gasteiger partial charge in [-0.15, -0.1) is 0 Å². The van der Waals surface area contributed by atoms with E-state index in [4.69, 9.17) is 14.5 Å². The van der Waals surface area contributed by atoms with Crippen LogP contribution in [0, 0.1) is 0 Å². The first-order valence-electron chi connectivity index (χ1n) is 16.6. The Hall–Kier alpha value is -2.92. The normalized spacial score (nSPS) is 13.7. The lowest BCUT2D eigenvalue weighted by Gasteiger charge is -2.37. The van der Waals surface area contributed by atoms with Gasteiger partial charge in [0.2, 0.25) is 0 Å². The van der Waals surface area contributed by atoms with Crippen LogP contribution in [-0.2, 0) is 4.74 Å². The van der Waals surface area contributed by atoms with Gasteiger partial charge in [0, 0.05) is 34.8 Å². The van der Waals surface area contributed by atoms with Gasteiger partial charge in [0.1, 0.15) is 5.75 Å². The minimum absolute atomic E-state index is 0.170. The highest BCUT2D eigenvalue weighted by molar-refractivity contribution is 6.96. The van der Waals surface area contributed by atoms with Gasteiger partial charge in [-0.05, 0) is 154 Å². The summed E-state index contributed by atoms with van der Waals surface area (Å²) in [5.74, 6) is -0.329. The topological polar surface area (TPSA) is 130 Å². The van der Waals surface area contributed by atoms with Crippen LogP contribution in [-0.4, -0.2) is 77.1 Å². The smallest absolute Gasteiger partial charge is 0.410 e. The summed E-state index contributed by atoms with van der Waals surface area (Å²) < 4.78 is 11.8. The molecule has 266 valence electrons. The number of hydrogen-bond acceptors (Lipinski definition) is 7. The minimum atomic E-state index is -0.723. The second kappa shape index (κ2) is 15.5. The minimum Gasteiger partial charge on any atom is -0.410 e. The maximum Gasteiger partial charge on any atom is 0.413 e. The van der Waals surface area contributed by atoms with Crippen LogP contribution in [0.15, 0.2) is 29.3 Å². The number of carbonyl (C=O) groups is 3. The molecule has 0 atom stereocenters. The van der Waals surface area contributed by atoms with E-state index in [1.807, 2.05) is 66.9 Å². The predicted octanol–water partition coefficient (Wildman–Crippen LogP) is 6.93.